The van der Waals surface area contributed by atoms with E-state index in [4.69, 9.17) is 10.9 Å². The van der Waals surface area contributed by atoms with Gasteiger partial charge in [-0.15, -0.1) is 0 Å². The van der Waals surface area contributed by atoms with Crippen molar-refractivity contribution in [3.63, 3.8) is 0 Å². The lowest BCUT2D eigenvalue weighted by Crippen LogP contribution is -2.32. The quantitative estimate of drug-likeness (QED) is 0.598. The molecule has 0 aliphatic heterocycles. The summed E-state index contributed by atoms with van der Waals surface area (Å²) in [5.41, 5.74) is 5.10. The molecule has 0 aliphatic rings. The van der Waals surface area contributed by atoms with Gasteiger partial charge in [-0.25, -0.2) is 31.1 Å². The molecule has 1 aromatic carbocycles. The van der Waals surface area contributed by atoms with E-state index < -0.39 is 43.1 Å². The second-order valence-corrected chi connectivity index (χ2v) is 6.86. The maximum absolute atomic E-state index is 13.4. The van der Waals surface area contributed by atoms with Gasteiger partial charge >= 0.3 is 0 Å². The molecule has 0 spiro atoms. The van der Waals surface area contributed by atoms with E-state index in [0.717, 1.165) is 6.07 Å². The second kappa shape index (κ2) is 5.18. The topological polar surface area (TPSA) is 132 Å². The Morgan fingerprint density at radius 2 is 1.83 bits per heavy atom. The van der Waals surface area contributed by atoms with Crippen molar-refractivity contribution >= 4 is 25.7 Å². The van der Waals surface area contributed by atoms with Gasteiger partial charge < -0.3 is 5.73 Å². The Kier molecular flexibility index (Phi) is 4.27. The van der Waals surface area contributed by atoms with Gasteiger partial charge in [-0.3, -0.25) is 0 Å². The van der Waals surface area contributed by atoms with Crippen LogP contribution in [0.25, 0.3) is 0 Å². The van der Waals surface area contributed by atoms with E-state index >= 15 is 0 Å². The van der Waals surface area contributed by atoms with Gasteiger partial charge in [0.05, 0.1) is 11.4 Å². The number of halogens is 1. The van der Waals surface area contributed by atoms with Crippen LogP contribution in [-0.2, 0) is 20.0 Å². The van der Waals surface area contributed by atoms with Gasteiger partial charge in [-0.05, 0) is 12.1 Å². The number of nitrogens with one attached hydrogen (secondary N) is 1. The molecule has 0 amide bonds. The Morgan fingerprint density at radius 1 is 1.22 bits per heavy atom. The maximum Gasteiger partial charge on any atom is 0.245 e. The SMILES string of the molecule is Nc1cccc(F)c1S(=O)(=O)NCCS(N)(=O)=O. The molecule has 18 heavy (non-hydrogen) atoms. The zero-order valence-electron chi connectivity index (χ0n) is 9.13. The summed E-state index contributed by atoms with van der Waals surface area (Å²) in [4.78, 5) is -0.709. The molecule has 0 aromatic heterocycles. The van der Waals surface area contributed by atoms with Crippen molar-refractivity contribution in [2.45, 2.75) is 4.90 Å². The lowest BCUT2D eigenvalue weighted by Gasteiger charge is -2.09. The number of benzene rings is 1. The van der Waals surface area contributed by atoms with Gasteiger partial charge in [0.2, 0.25) is 20.0 Å². The molecule has 102 valence electrons. The lowest BCUT2D eigenvalue weighted by molar-refractivity contribution is 0.559. The van der Waals surface area contributed by atoms with E-state index in [1.165, 1.54) is 12.1 Å². The first-order chi connectivity index (χ1) is 8.13. The summed E-state index contributed by atoms with van der Waals surface area (Å²) in [6.45, 7) is -0.463. The molecule has 0 atom stereocenters. The predicted octanol–water partition coefficient (Wildman–Crippen LogP) is -1.03. The van der Waals surface area contributed by atoms with Gasteiger partial charge in [-0.2, -0.15) is 0 Å². The van der Waals surface area contributed by atoms with E-state index in [1.54, 1.807) is 0 Å². The van der Waals surface area contributed by atoms with Gasteiger partial charge in [0.15, 0.2) is 0 Å². The van der Waals surface area contributed by atoms with Crippen molar-refractivity contribution in [2.75, 3.05) is 18.0 Å². The van der Waals surface area contributed by atoms with Crippen molar-refractivity contribution < 1.29 is 21.2 Å². The summed E-state index contributed by atoms with van der Waals surface area (Å²) >= 11 is 0. The Morgan fingerprint density at radius 3 is 2.33 bits per heavy atom. The third-order valence-corrected chi connectivity index (χ3v) is 4.27. The predicted molar refractivity (Wildman–Crippen MR) is 64.0 cm³/mol. The highest BCUT2D eigenvalue weighted by atomic mass is 32.2. The summed E-state index contributed by atoms with van der Waals surface area (Å²) in [6.07, 6.45) is 0. The van der Waals surface area contributed by atoms with Crippen LogP contribution in [0.15, 0.2) is 23.1 Å². The van der Waals surface area contributed by atoms with Crippen LogP contribution in [0.2, 0.25) is 0 Å². The van der Waals surface area contributed by atoms with E-state index in [-0.39, 0.29) is 5.69 Å². The van der Waals surface area contributed by atoms with Crippen LogP contribution in [0.4, 0.5) is 10.1 Å². The average Bonchev–Trinajstić information content (AvgIpc) is 2.13. The fourth-order valence-electron chi connectivity index (χ4n) is 1.20. The largest absolute Gasteiger partial charge is 0.398 e. The van der Waals surface area contributed by atoms with Crippen molar-refractivity contribution in [1.82, 2.24) is 4.72 Å². The van der Waals surface area contributed by atoms with Crippen LogP contribution in [-0.4, -0.2) is 29.1 Å². The average molecular weight is 297 g/mol. The van der Waals surface area contributed by atoms with Crippen LogP contribution in [0.1, 0.15) is 0 Å². The number of sulfonamides is 2. The van der Waals surface area contributed by atoms with Gasteiger partial charge in [0.25, 0.3) is 0 Å². The minimum Gasteiger partial charge on any atom is -0.398 e. The summed E-state index contributed by atoms with van der Waals surface area (Å²) in [7, 11) is -8.01. The van der Waals surface area contributed by atoms with Crippen molar-refractivity contribution in [3.8, 4) is 0 Å². The van der Waals surface area contributed by atoms with Crippen molar-refractivity contribution in [2.24, 2.45) is 5.14 Å². The van der Waals surface area contributed by atoms with Crippen LogP contribution in [0.3, 0.4) is 0 Å². The number of hydrogen-bond acceptors (Lipinski definition) is 5. The second-order valence-electron chi connectivity index (χ2n) is 3.42. The van der Waals surface area contributed by atoms with Crippen molar-refractivity contribution in [3.05, 3.63) is 24.0 Å². The first-order valence-electron chi connectivity index (χ1n) is 4.67. The highest BCUT2D eigenvalue weighted by Gasteiger charge is 2.22. The Balaban J connectivity index is 2.94. The van der Waals surface area contributed by atoms with Crippen LogP contribution >= 0.6 is 0 Å². The molecule has 0 saturated carbocycles. The Hall–Kier alpha value is -1.23. The van der Waals surface area contributed by atoms with E-state index in [9.17, 15) is 21.2 Å². The molecule has 0 aliphatic carbocycles. The maximum atomic E-state index is 13.4. The third-order valence-electron chi connectivity index (χ3n) is 1.94. The zero-order chi connectivity index (χ0) is 14.0. The molecule has 0 heterocycles. The number of rotatable bonds is 5. The highest BCUT2D eigenvalue weighted by molar-refractivity contribution is 7.90. The van der Waals surface area contributed by atoms with E-state index in [0.29, 0.717) is 0 Å². The standard InChI is InChI=1S/C8H12FN3O4S2/c9-6-2-1-3-7(10)8(6)18(15,16)12-4-5-17(11,13)14/h1-3,12H,4-5,10H2,(H2,11,13,14). The first kappa shape index (κ1) is 14.8. The highest BCUT2D eigenvalue weighted by Crippen LogP contribution is 2.20. The molecule has 1 aromatic rings. The fraction of sp³-hybridized carbons (Fsp3) is 0.250. The number of nitrogen functional groups attached to an aromatic ring is 1. The van der Waals surface area contributed by atoms with Gasteiger partial charge in [0, 0.05) is 6.54 Å². The number of anilines is 1. The molecule has 0 saturated heterocycles. The molecule has 1 rings (SSSR count). The molecule has 0 bridgehead atoms. The molecule has 10 heteroatoms. The minimum atomic E-state index is -4.21. The first-order valence-corrected chi connectivity index (χ1v) is 7.87. The number of nitrogens with two attached hydrogens (primary N) is 2. The normalized spacial score (nSPS) is 12.6. The van der Waals surface area contributed by atoms with E-state index in [2.05, 4.69) is 0 Å². The fourth-order valence-corrected chi connectivity index (χ4v) is 2.93. The minimum absolute atomic E-state index is 0.266. The van der Waals surface area contributed by atoms with Crippen LogP contribution < -0.4 is 15.6 Å². The van der Waals surface area contributed by atoms with Gasteiger partial charge in [0.1, 0.15) is 10.7 Å². The Labute approximate surface area is 104 Å². The lowest BCUT2D eigenvalue weighted by atomic mass is 10.3. The third kappa shape index (κ3) is 3.91. The molecular formula is C8H12FN3O4S2. The Bertz CT molecular complexity index is 622. The monoisotopic (exact) mass is 297 g/mol. The summed E-state index contributed by atoms with van der Waals surface area (Å²) < 4.78 is 59.9. The summed E-state index contributed by atoms with van der Waals surface area (Å²) in [5.74, 6) is -1.61. The smallest absolute Gasteiger partial charge is 0.245 e. The molecule has 0 fully saturated rings. The number of primary sulfonamides is 1. The molecular weight excluding hydrogens is 285 g/mol. The van der Waals surface area contributed by atoms with Gasteiger partial charge in [-0.1, -0.05) is 6.07 Å². The zero-order valence-corrected chi connectivity index (χ0v) is 10.8. The summed E-state index contributed by atoms with van der Waals surface area (Å²) in [5, 5.41) is 4.70. The molecule has 7 nitrogen and oxygen atoms in total. The van der Waals surface area contributed by atoms with Crippen LogP contribution in [0, 0.1) is 5.82 Å². The number of hydrogen-bond donors (Lipinski definition) is 3. The molecule has 5 N–H and O–H groups in total. The summed E-state index contributed by atoms with van der Waals surface area (Å²) in [6, 6.07) is 3.41. The van der Waals surface area contributed by atoms with Crippen molar-refractivity contribution in [1.29, 1.82) is 0 Å². The molecule has 0 radical (unpaired) electrons. The molecule has 0 unspecified atom stereocenters. The van der Waals surface area contributed by atoms with Crippen LogP contribution in [0.5, 0.6) is 0 Å². The van der Waals surface area contributed by atoms with E-state index in [1.807, 2.05) is 4.72 Å².